The number of hydrogen-bond donors (Lipinski definition) is 2. The van der Waals surface area contributed by atoms with Crippen LogP contribution in [0.3, 0.4) is 0 Å². The van der Waals surface area contributed by atoms with Crippen molar-refractivity contribution in [2.45, 2.75) is 38.8 Å². The number of nitrogens with zero attached hydrogens (tertiary/aromatic N) is 1. The summed E-state index contributed by atoms with van der Waals surface area (Å²) in [7, 11) is 1.72. The fraction of sp³-hybridized carbons (Fsp3) is 0.647. The molecule has 0 amide bonds. The van der Waals surface area contributed by atoms with Crippen LogP contribution < -0.4 is 10.1 Å². The number of benzene rings is 1. The lowest BCUT2D eigenvalue weighted by Crippen LogP contribution is -2.40. The highest BCUT2D eigenvalue weighted by Crippen LogP contribution is 2.30. The molecule has 2 rings (SSSR count). The topological polar surface area (TPSA) is 44.7 Å². The van der Waals surface area contributed by atoms with Gasteiger partial charge in [-0.3, -0.25) is 4.90 Å². The van der Waals surface area contributed by atoms with Crippen LogP contribution in [0, 0.1) is 6.92 Å². The second kappa shape index (κ2) is 7.78. The van der Waals surface area contributed by atoms with E-state index in [2.05, 4.69) is 36.2 Å². The third-order valence-electron chi connectivity index (χ3n) is 4.39. The Labute approximate surface area is 128 Å². The minimum Gasteiger partial charge on any atom is -0.496 e. The van der Waals surface area contributed by atoms with Crippen LogP contribution in [0.1, 0.15) is 36.9 Å². The van der Waals surface area contributed by atoms with Crippen molar-refractivity contribution in [3.8, 4) is 5.75 Å². The first-order chi connectivity index (χ1) is 10.2. The van der Waals surface area contributed by atoms with Gasteiger partial charge in [0.2, 0.25) is 0 Å². The Bertz CT molecular complexity index is 444. The van der Waals surface area contributed by atoms with Crippen LogP contribution >= 0.6 is 0 Å². The Balaban J connectivity index is 2.16. The largest absolute Gasteiger partial charge is 0.496 e. The molecule has 21 heavy (non-hydrogen) atoms. The molecule has 2 atom stereocenters. The molecule has 0 aliphatic carbocycles. The molecule has 0 spiro atoms. The predicted octanol–water partition coefficient (Wildman–Crippen LogP) is 2.11. The van der Waals surface area contributed by atoms with Gasteiger partial charge in [-0.1, -0.05) is 17.7 Å². The Morgan fingerprint density at radius 3 is 2.90 bits per heavy atom. The maximum absolute atomic E-state index is 9.39. The fourth-order valence-corrected chi connectivity index (χ4v) is 3.14. The average Bonchev–Trinajstić information content (AvgIpc) is 2.99. The molecule has 0 radical (unpaired) electrons. The van der Waals surface area contributed by atoms with Gasteiger partial charge in [0.15, 0.2) is 0 Å². The number of ether oxygens (including phenoxy) is 1. The second-order valence-electron chi connectivity index (χ2n) is 5.93. The molecule has 1 heterocycles. The first-order valence-electron chi connectivity index (χ1n) is 7.88. The number of nitrogens with one attached hydrogen (secondary N) is 1. The molecule has 0 bridgehead atoms. The summed E-state index contributed by atoms with van der Waals surface area (Å²) in [5.41, 5.74) is 2.43. The fourth-order valence-electron chi connectivity index (χ4n) is 3.14. The van der Waals surface area contributed by atoms with Gasteiger partial charge in [0.1, 0.15) is 5.75 Å². The summed E-state index contributed by atoms with van der Waals surface area (Å²) in [5, 5.41) is 12.9. The van der Waals surface area contributed by atoms with Gasteiger partial charge in [-0.25, -0.2) is 0 Å². The predicted molar refractivity (Wildman–Crippen MR) is 85.8 cm³/mol. The van der Waals surface area contributed by atoms with Crippen LogP contribution in [0.2, 0.25) is 0 Å². The van der Waals surface area contributed by atoms with Crippen molar-refractivity contribution < 1.29 is 9.84 Å². The van der Waals surface area contributed by atoms with Gasteiger partial charge in [-0.2, -0.15) is 0 Å². The van der Waals surface area contributed by atoms with Crippen LogP contribution in [-0.2, 0) is 0 Å². The SMILES string of the molecule is COc1ccc(C)cc1C(C)N(CCO)CC1CCCN1. The van der Waals surface area contributed by atoms with Crippen molar-refractivity contribution in [1.82, 2.24) is 10.2 Å². The number of aryl methyl sites for hydroxylation is 1. The third-order valence-corrected chi connectivity index (χ3v) is 4.39. The molecule has 4 heteroatoms. The second-order valence-corrected chi connectivity index (χ2v) is 5.93. The highest BCUT2D eigenvalue weighted by atomic mass is 16.5. The highest BCUT2D eigenvalue weighted by Gasteiger charge is 2.23. The van der Waals surface area contributed by atoms with E-state index in [0.717, 1.165) is 18.8 Å². The Kier molecular flexibility index (Phi) is 6.03. The summed E-state index contributed by atoms with van der Waals surface area (Å²) in [6.07, 6.45) is 2.47. The quantitative estimate of drug-likeness (QED) is 0.808. The smallest absolute Gasteiger partial charge is 0.123 e. The normalized spacial score (nSPS) is 20.0. The summed E-state index contributed by atoms with van der Waals surface area (Å²) in [5.74, 6) is 0.926. The van der Waals surface area contributed by atoms with Crippen molar-refractivity contribution in [3.63, 3.8) is 0 Å². The maximum atomic E-state index is 9.39. The average molecular weight is 292 g/mol. The first kappa shape index (κ1) is 16.3. The summed E-state index contributed by atoms with van der Waals surface area (Å²) >= 11 is 0. The van der Waals surface area contributed by atoms with E-state index in [9.17, 15) is 5.11 Å². The van der Waals surface area contributed by atoms with Crippen molar-refractivity contribution in [3.05, 3.63) is 29.3 Å². The first-order valence-corrected chi connectivity index (χ1v) is 7.88. The number of methoxy groups -OCH3 is 1. The third kappa shape index (κ3) is 4.19. The van der Waals surface area contributed by atoms with Crippen molar-refractivity contribution >= 4 is 0 Å². The molecule has 4 nitrogen and oxygen atoms in total. The molecule has 0 aromatic heterocycles. The maximum Gasteiger partial charge on any atom is 0.123 e. The number of aliphatic hydroxyl groups excluding tert-OH is 1. The lowest BCUT2D eigenvalue weighted by atomic mass is 10.0. The Morgan fingerprint density at radius 1 is 1.48 bits per heavy atom. The summed E-state index contributed by atoms with van der Waals surface area (Å²) in [6.45, 7) is 7.26. The molecule has 1 aliphatic heterocycles. The lowest BCUT2D eigenvalue weighted by molar-refractivity contribution is 0.146. The van der Waals surface area contributed by atoms with E-state index >= 15 is 0 Å². The molecule has 0 saturated carbocycles. The van der Waals surface area contributed by atoms with Gasteiger partial charge in [0, 0.05) is 30.7 Å². The zero-order valence-corrected chi connectivity index (χ0v) is 13.4. The van der Waals surface area contributed by atoms with Crippen molar-refractivity contribution in [2.24, 2.45) is 0 Å². The monoisotopic (exact) mass is 292 g/mol. The molecular weight excluding hydrogens is 264 g/mol. The zero-order chi connectivity index (χ0) is 15.2. The number of hydrogen-bond acceptors (Lipinski definition) is 4. The van der Waals surface area contributed by atoms with E-state index in [4.69, 9.17) is 4.74 Å². The minimum atomic E-state index is 0.186. The van der Waals surface area contributed by atoms with Crippen LogP contribution in [0.5, 0.6) is 5.75 Å². The Morgan fingerprint density at radius 2 is 2.29 bits per heavy atom. The molecule has 1 aromatic rings. The Hall–Kier alpha value is -1.10. The van der Waals surface area contributed by atoms with Crippen molar-refractivity contribution in [1.29, 1.82) is 0 Å². The zero-order valence-electron chi connectivity index (χ0n) is 13.4. The van der Waals surface area contributed by atoms with Gasteiger partial charge in [-0.05, 0) is 39.3 Å². The van der Waals surface area contributed by atoms with Crippen LogP contribution in [0.15, 0.2) is 18.2 Å². The van der Waals surface area contributed by atoms with E-state index in [1.165, 1.54) is 24.0 Å². The van der Waals surface area contributed by atoms with Gasteiger partial charge in [0.25, 0.3) is 0 Å². The summed E-state index contributed by atoms with van der Waals surface area (Å²) in [4.78, 5) is 2.35. The minimum absolute atomic E-state index is 0.186. The van der Waals surface area contributed by atoms with E-state index in [1.54, 1.807) is 7.11 Å². The van der Waals surface area contributed by atoms with E-state index in [-0.39, 0.29) is 12.6 Å². The van der Waals surface area contributed by atoms with Gasteiger partial charge >= 0.3 is 0 Å². The number of aliphatic hydroxyl groups is 1. The van der Waals surface area contributed by atoms with Gasteiger partial charge in [-0.15, -0.1) is 0 Å². The standard InChI is InChI=1S/C17H28N2O2/c1-13-6-7-17(21-3)16(11-13)14(2)19(9-10-20)12-15-5-4-8-18-15/h6-7,11,14-15,18,20H,4-5,8-10,12H2,1-3H3. The molecule has 1 aliphatic rings. The number of rotatable bonds is 7. The summed E-state index contributed by atoms with van der Waals surface area (Å²) in [6, 6.07) is 7.07. The molecule has 2 N–H and O–H groups in total. The summed E-state index contributed by atoms with van der Waals surface area (Å²) < 4.78 is 5.51. The molecule has 1 fully saturated rings. The highest BCUT2D eigenvalue weighted by molar-refractivity contribution is 5.39. The lowest BCUT2D eigenvalue weighted by Gasteiger charge is -2.32. The van der Waals surface area contributed by atoms with E-state index < -0.39 is 0 Å². The van der Waals surface area contributed by atoms with Crippen molar-refractivity contribution in [2.75, 3.05) is 33.4 Å². The van der Waals surface area contributed by atoms with Crippen LogP contribution in [-0.4, -0.2) is 49.4 Å². The van der Waals surface area contributed by atoms with Crippen LogP contribution in [0.4, 0.5) is 0 Å². The molecule has 1 aromatic carbocycles. The molecular formula is C17H28N2O2. The van der Waals surface area contributed by atoms with Crippen LogP contribution in [0.25, 0.3) is 0 Å². The van der Waals surface area contributed by atoms with E-state index in [1.807, 2.05) is 6.07 Å². The molecule has 1 saturated heterocycles. The molecule has 2 unspecified atom stereocenters. The van der Waals surface area contributed by atoms with E-state index in [0.29, 0.717) is 12.6 Å². The van der Waals surface area contributed by atoms with Gasteiger partial charge in [0.05, 0.1) is 13.7 Å². The van der Waals surface area contributed by atoms with Gasteiger partial charge < -0.3 is 15.2 Å². The molecule has 118 valence electrons.